The van der Waals surface area contributed by atoms with Crippen molar-refractivity contribution in [3.63, 3.8) is 0 Å². The highest BCUT2D eigenvalue weighted by Gasteiger charge is 1.97. The van der Waals surface area contributed by atoms with E-state index in [0.29, 0.717) is 5.02 Å². The molecule has 0 spiro atoms. The second kappa shape index (κ2) is 4.20. The zero-order valence-electron chi connectivity index (χ0n) is 7.39. The zero-order chi connectivity index (χ0) is 9.80. The predicted octanol–water partition coefficient (Wildman–Crippen LogP) is 2.73. The summed E-state index contributed by atoms with van der Waals surface area (Å²) in [7, 11) is 0. The van der Waals surface area contributed by atoms with Gasteiger partial charge in [0.15, 0.2) is 0 Å². The van der Waals surface area contributed by atoms with Gasteiger partial charge in [0.25, 0.3) is 0 Å². The summed E-state index contributed by atoms with van der Waals surface area (Å²) in [5.74, 6) is 0. The number of aromatic nitrogens is 2. The minimum Gasteiger partial charge on any atom is -0.265 e. The highest BCUT2D eigenvalue weighted by molar-refractivity contribution is 6.30. The van der Waals surface area contributed by atoms with Crippen molar-refractivity contribution in [3.8, 4) is 0 Å². The van der Waals surface area contributed by atoms with E-state index >= 15 is 0 Å². The van der Waals surface area contributed by atoms with Crippen molar-refractivity contribution < 1.29 is 0 Å². The smallest absolute Gasteiger partial charge is 0.0592 e. The van der Waals surface area contributed by atoms with Crippen LogP contribution in [0.3, 0.4) is 0 Å². The van der Waals surface area contributed by atoms with Gasteiger partial charge in [-0.25, -0.2) is 0 Å². The molecule has 0 aliphatic rings. The van der Waals surface area contributed by atoms with Crippen molar-refractivity contribution in [2.24, 2.45) is 0 Å². The summed E-state index contributed by atoms with van der Waals surface area (Å²) < 4.78 is 0. The van der Waals surface area contributed by atoms with Crippen LogP contribution in [0.2, 0.25) is 5.02 Å². The summed E-state index contributed by atoms with van der Waals surface area (Å²) in [6.45, 7) is 0. The molecule has 2 nitrogen and oxygen atoms in total. The molecule has 0 unspecified atom stereocenters. The molecule has 0 amide bonds. The van der Waals surface area contributed by atoms with E-state index < -0.39 is 0 Å². The molecular formula is C11H8ClN2. The fourth-order valence-electron chi connectivity index (χ4n) is 1.16. The molecule has 1 radical (unpaired) electrons. The zero-order valence-corrected chi connectivity index (χ0v) is 8.15. The van der Waals surface area contributed by atoms with Gasteiger partial charge in [-0.2, -0.15) is 0 Å². The maximum atomic E-state index is 5.82. The Morgan fingerprint density at radius 3 is 2.50 bits per heavy atom. The molecule has 2 aromatic rings. The third kappa shape index (κ3) is 2.30. The molecule has 2 rings (SSSR count). The van der Waals surface area contributed by atoms with Gasteiger partial charge in [-0.05, 0) is 29.3 Å². The lowest BCUT2D eigenvalue weighted by Crippen LogP contribution is -1.86. The Balaban J connectivity index is 2.19. The maximum absolute atomic E-state index is 5.82. The third-order valence-corrected chi connectivity index (χ3v) is 1.97. The molecule has 2 heterocycles. The van der Waals surface area contributed by atoms with Crippen LogP contribution >= 0.6 is 11.6 Å². The van der Waals surface area contributed by atoms with E-state index in [1.807, 2.05) is 24.6 Å². The Morgan fingerprint density at radius 2 is 1.79 bits per heavy atom. The summed E-state index contributed by atoms with van der Waals surface area (Å²) in [6, 6.07) is 5.73. The molecule has 0 saturated heterocycles. The minimum absolute atomic E-state index is 0.646. The molecule has 69 valence electrons. The van der Waals surface area contributed by atoms with E-state index in [1.165, 1.54) is 0 Å². The number of rotatable bonds is 2. The molecule has 0 saturated carbocycles. The standard InChI is InChI=1S/C11H8ClN2/c12-11-6-10(7-14-8-11)5-9-1-3-13-4-2-9/h1-8H. The van der Waals surface area contributed by atoms with Gasteiger partial charge in [0.2, 0.25) is 0 Å². The fourth-order valence-corrected chi connectivity index (χ4v) is 1.34. The molecule has 0 bridgehead atoms. The van der Waals surface area contributed by atoms with E-state index in [2.05, 4.69) is 9.97 Å². The van der Waals surface area contributed by atoms with E-state index in [9.17, 15) is 0 Å². The Hall–Kier alpha value is -1.41. The molecule has 3 heteroatoms. The Morgan fingerprint density at radius 1 is 1.00 bits per heavy atom. The second-order valence-electron chi connectivity index (χ2n) is 2.86. The lowest BCUT2D eigenvalue weighted by Gasteiger charge is -2.00. The van der Waals surface area contributed by atoms with Crippen LogP contribution in [0.25, 0.3) is 0 Å². The normalized spacial score (nSPS) is 10.1. The van der Waals surface area contributed by atoms with Gasteiger partial charge in [0, 0.05) is 31.2 Å². The van der Waals surface area contributed by atoms with Crippen LogP contribution in [0.4, 0.5) is 0 Å². The first-order valence-corrected chi connectivity index (χ1v) is 4.58. The van der Waals surface area contributed by atoms with Crippen molar-refractivity contribution in [2.75, 3.05) is 0 Å². The lowest BCUT2D eigenvalue weighted by atomic mass is 10.1. The first-order chi connectivity index (χ1) is 6.84. The summed E-state index contributed by atoms with van der Waals surface area (Å²) in [5, 5.41) is 0.646. The average Bonchev–Trinajstić information content (AvgIpc) is 2.19. The summed E-state index contributed by atoms with van der Waals surface area (Å²) in [6.07, 6.45) is 8.89. The van der Waals surface area contributed by atoms with Crippen LogP contribution in [0.15, 0.2) is 43.0 Å². The second-order valence-corrected chi connectivity index (χ2v) is 3.30. The Kier molecular flexibility index (Phi) is 2.75. The Bertz CT molecular complexity index is 415. The molecule has 0 N–H and O–H groups in total. The largest absolute Gasteiger partial charge is 0.265 e. The fraction of sp³-hybridized carbons (Fsp3) is 0. The quantitative estimate of drug-likeness (QED) is 0.750. The molecule has 0 fully saturated rings. The van der Waals surface area contributed by atoms with Crippen molar-refractivity contribution in [3.05, 3.63) is 65.6 Å². The van der Waals surface area contributed by atoms with Crippen LogP contribution in [-0.4, -0.2) is 9.97 Å². The van der Waals surface area contributed by atoms with Crippen molar-refractivity contribution in [2.45, 2.75) is 0 Å². The van der Waals surface area contributed by atoms with Crippen LogP contribution in [0.5, 0.6) is 0 Å². The summed E-state index contributed by atoms with van der Waals surface area (Å²) >= 11 is 5.82. The van der Waals surface area contributed by atoms with E-state index in [1.54, 1.807) is 24.8 Å². The molecule has 0 atom stereocenters. The van der Waals surface area contributed by atoms with Crippen LogP contribution in [0.1, 0.15) is 11.1 Å². The highest BCUT2D eigenvalue weighted by atomic mass is 35.5. The van der Waals surface area contributed by atoms with Crippen molar-refractivity contribution in [1.29, 1.82) is 0 Å². The van der Waals surface area contributed by atoms with Crippen LogP contribution in [0, 0.1) is 6.42 Å². The molecule has 0 aliphatic heterocycles. The highest BCUT2D eigenvalue weighted by Crippen LogP contribution is 2.13. The molecule has 2 aromatic heterocycles. The van der Waals surface area contributed by atoms with E-state index in [-0.39, 0.29) is 0 Å². The van der Waals surface area contributed by atoms with Crippen LogP contribution < -0.4 is 0 Å². The number of hydrogen-bond donors (Lipinski definition) is 0. The summed E-state index contributed by atoms with van der Waals surface area (Å²) in [5.41, 5.74) is 2.08. The number of halogens is 1. The van der Waals surface area contributed by atoms with Gasteiger partial charge in [-0.15, -0.1) is 0 Å². The molecular weight excluding hydrogens is 196 g/mol. The third-order valence-electron chi connectivity index (χ3n) is 1.77. The minimum atomic E-state index is 0.646. The van der Waals surface area contributed by atoms with E-state index in [0.717, 1.165) is 11.1 Å². The van der Waals surface area contributed by atoms with E-state index in [4.69, 9.17) is 11.6 Å². The van der Waals surface area contributed by atoms with Gasteiger partial charge in [0.1, 0.15) is 0 Å². The SMILES string of the molecule is Clc1cncc([CH]c2ccncc2)c1. The van der Waals surface area contributed by atoms with Crippen molar-refractivity contribution >= 4 is 11.6 Å². The van der Waals surface area contributed by atoms with Crippen LogP contribution in [-0.2, 0) is 0 Å². The van der Waals surface area contributed by atoms with Crippen molar-refractivity contribution in [1.82, 2.24) is 9.97 Å². The first kappa shape index (κ1) is 9.16. The molecule has 0 aromatic carbocycles. The number of pyridine rings is 2. The Labute approximate surface area is 87.6 Å². The molecule has 14 heavy (non-hydrogen) atoms. The average molecular weight is 204 g/mol. The van der Waals surface area contributed by atoms with Gasteiger partial charge < -0.3 is 0 Å². The number of hydrogen-bond acceptors (Lipinski definition) is 2. The lowest BCUT2D eigenvalue weighted by molar-refractivity contribution is 1.25. The van der Waals surface area contributed by atoms with Gasteiger partial charge >= 0.3 is 0 Å². The topological polar surface area (TPSA) is 25.8 Å². The molecule has 0 aliphatic carbocycles. The van der Waals surface area contributed by atoms with Gasteiger partial charge in [-0.3, -0.25) is 9.97 Å². The van der Waals surface area contributed by atoms with Gasteiger partial charge in [0.05, 0.1) is 5.02 Å². The maximum Gasteiger partial charge on any atom is 0.0592 e. The summed E-state index contributed by atoms with van der Waals surface area (Å²) in [4.78, 5) is 7.94. The van der Waals surface area contributed by atoms with Gasteiger partial charge in [-0.1, -0.05) is 11.6 Å². The first-order valence-electron chi connectivity index (χ1n) is 4.20. The monoisotopic (exact) mass is 203 g/mol. The predicted molar refractivity (Wildman–Crippen MR) is 56.0 cm³/mol. The number of nitrogens with zero attached hydrogens (tertiary/aromatic N) is 2.